The molecule has 0 atom stereocenters. The van der Waals surface area contributed by atoms with Crippen LogP contribution in [0.5, 0.6) is 0 Å². The number of nitrogens with one attached hydrogen (secondary N) is 1. The molecule has 0 aliphatic heterocycles. The molecule has 1 N–H and O–H groups in total. The normalized spacial score (nSPS) is 11.1. The van der Waals surface area contributed by atoms with E-state index in [2.05, 4.69) is 31.6 Å². The summed E-state index contributed by atoms with van der Waals surface area (Å²) in [6.07, 6.45) is 6.76. The van der Waals surface area contributed by atoms with Gasteiger partial charge in [-0.25, -0.2) is 18.1 Å². The Labute approximate surface area is 108 Å². The van der Waals surface area contributed by atoms with Crippen LogP contribution in [0.2, 0.25) is 5.15 Å². The van der Waals surface area contributed by atoms with E-state index in [4.69, 9.17) is 18.0 Å². The number of sulfonamides is 1. The molecular formula is C9H8BrClN2O2S. The lowest BCUT2D eigenvalue weighted by Gasteiger charge is -2.06. The zero-order valence-corrected chi connectivity index (χ0v) is 11.2. The summed E-state index contributed by atoms with van der Waals surface area (Å²) in [5.41, 5.74) is 0. The maximum absolute atomic E-state index is 11.8. The van der Waals surface area contributed by atoms with Crippen molar-refractivity contribution in [1.82, 2.24) is 9.71 Å². The van der Waals surface area contributed by atoms with Crippen LogP contribution in [0.15, 0.2) is 21.6 Å². The van der Waals surface area contributed by atoms with Gasteiger partial charge in [0.15, 0.2) is 0 Å². The summed E-state index contributed by atoms with van der Waals surface area (Å²) in [5.74, 6) is 2.33. The first-order valence-corrected chi connectivity index (χ1v) is 6.87. The van der Waals surface area contributed by atoms with Crippen LogP contribution in [0.25, 0.3) is 0 Å². The van der Waals surface area contributed by atoms with E-state index in [0.29, 0.717) is 10.9 Å². The molecule has 16 heavy (non-hydrogen) atoms. The van der Waals surface area contributed by atoms with Gasteiger partial charge in [-0.1, -0.05) is 11.6 Å². The molecule has 0 radical (unpaired) electrons. The van der Waals surface area contributed by atoms with Crippen molar-refractivity contribution in [2.45, 2.75) is 11.3 Å². The van der Waals surface area contributed by atoms with E-state index in [0.717, 1.165) is 0 Å². The van der Waals surface area contributed by atoms with Crippen molar-refractivity contribution in [1.29, 1.82) is 0 Å². The van der Waals surface area contributed by atoms with Crippen LogP contribution < -0.4 is 4.72 Å². The minimum absolute atomic E-state index is 0.0689. The first-order chi connectivity index (χ1) is 7.47. The number of aromatic nitrogens is 1. The van der Waals surface area contributed by atoms with E-state index < -0.39 is 10.0 Å². The van der Waals surface area contributed by atoms with E-state index in [9.17, 15) is 8.42 Å². The van der Waals surface area contributed by atoms with Crippen LogP contribution in [0, 0.1) is 12.3 Å². The Morgan fingerprint density at radius 3 is 2.94 bits per heavy atom. The highest BCUT2D eigenvalue weighted by molar-refractivity contribution is 9.10. The second kappa shape index (κ2) is 5.64. The molecule has 1 heterocycles. The smallest absolute Gasteiger partial charge is 0.242 e. The Balaban J connectivity index is 2.99. The van der Waals surface area contributed by atoms with Gasteiger partial charge >= 0.3 is 0 Å². The fourth-order valence-corrected chi connectivity index (χ4v) is 2.90. The van der Waals surface area contributed by atoms with Gasteiger partial charge in [-0.3, -0.25) is 0 Å². The van der Waals surface area contributed by atoms with Crippen LogP contribution in [0.1, 0.15) is 6.42 Å². The second-order valence-electron chi connectivity index (χ2n) is 2.79. The summed E-state index contributed by atoms with van der Waals surface area (Å²) in [6.45, 7) is 0.168. The van der Waals surface area contributed by atoms with E-state index in [1.54, 1.807) is 0 Å². The van der Waals surface area contributed by atoms with Gasteiger partial charge in [-0.05, 0) is 22.0 Å². The molecule has 0 bridgehead atoms. The topological polar surface area (TPSA) is 59.1 Å². The quantitative estimate of drug-likeness (QED) is 0.522. The van der Waals surface area contributed by atoms with E-state index >= 15 is 0 Å². The molecule has 0 aliphatic rings. The molecule has 86 valence electrons. The lowest BCUT2D eigenvalue weighted by molar-refractivity contribution is 0.582. The fraction of sp³-hybridized carbons (Fsp3) is 0.222. The average Bonchev–Trinajstić information content (AvgIpc) is 2.22. The van der Waals surface area contributed by atoms with Gasteiger partial charge in [0.1, 0.15) is 10.0 Å². The molecule has 1 aromatic rings. The van der Waals surface area contributed by atoms with E-state index in [-0.39, 0.29) is 16.6 Å². The first-order valence-electron chi connectivity index (χ1n) is 4.21. The Bertz CT molecular complexity index is 525. The molecular weight excluding hydrogens is 316 g/mol. The van der Waals surface area contributed by atoms with Crippen LogP contribution in [0.3, 0.4) is 0 Å². The number of halogens is 2. The van der Waals surface area contributed by atoms with Gasteiger partial charge in [0.2, 0.25) is 10.0 Å². The molecule has 1 rings (SSSR count). The minimum Gasteiger partial charge on any atom is -0.242 e. The fourth-order valence-electron chi connectivity index (χ4n) is 0.928. The third-order valence-electron chi connectivity index (χ3n) is 1.62. The predicted molar refractivity (Wildman–Crippen MR) is 65.6 cm³/mol. The highest BCUT2D eigenvalue weighted by Gasteiger charge is 2.18. The van der Waals surface area contributed by atoms with Gasteiger partial charge in [0.25, 0.3) is 0 Å². The molecule has 1 aromatic heterocycles. The molecule has 7 heteroatoms. The SMILES string of the molecule is C#CCCNS(=O)(=O)c1cc(Br)cnc1Cl. The maximum atomic E-state index is 11.8. The number of rotatable bonds is 4. The Morgan fingerprint density at radius 1 is 1.62 bits per heavy atom. The van der Waals surface area contributed by atoms with Gasteiger partial charge in [-0.15, -0.1) is 12.3 Å². The number of hydrogen-bond acceptors (Lipinski definition) is 3. The van der Waals surface area contributed by atoms with E-state index in [1.165, 1.54) is 12.3 Å². The van der Waals surface area contributed by atoms with Gasteiger partial charge in [-0.2, -0.15) is 0 Å². The second-order valence-corrected chi connectivity index (χ2v) is 5.80. The van der Waals surface area contributed by atoms with Crippen LogP contribution in [0.4, 0.5) is 0 Å². The first kappa shape index (κ1) is 13.5. The van der Waals surface area contributed by atoms with Crippen LogP contribution in [-0.2, 0) is 10.0 Å². The van der Waals surface area contributed by atoms with Crippen molar-refractivity contribution in [3.05, 3.63) is 21.9 Å². The average molecular weight is 324 g/mol. The van der Waals surface area contributed by atoms with E-state index in [1.807, 2.05) is 0 Å². The third kappa shape index (κ3) is 3.46. The molecule has 0 spiro atoms. The zero-order chi connectivity index (χ0) is 12.2. The molecule has 0 saturated heterocycles. The largest absolute Gasteiger partial charge is 0.243 e. The van der Waals surface area contributed by atoms with Crippen molar-refractivity contribution >= 4 is 37.6 Å². The molecule has 0 amide bonds. The van der Waals surface area contributed by atoms with Crippen molar-refractivity contribution in [2.24, 2.45) is 0 Å². The summed E-state index contributed by atoms with van der Waals surface area (Å²) in [6, 6.07) is 1.38. The summed E-state index contributed by atoms with van der Waals surface area (Å²) >= 11 is 8.83. The number of hydrogen-bond donors (Lipinski definition) is 1. The Hall–Kier alpha value is -0.610. The molecule has 0 aromatic carbocycles. The van der Waals surface area contributed by atoms with Crippen molar-refractivity contribution in [3.8, 4) is 12.3 Å². The summed E-state index contributed by atoms with van der Waals surface area (Å²) < 4.78 is 26.4. The number of pyridine rings is 1. The summed E-state index contributed by atoms with van der Waals surface area (Å²) in [7, 11) is -3.66. The highest BCUT2D eigenvalue weighted by Crippen LogP contribution is 2.22. The van der Waals surface area contributed by atoms with Gasteiger partial charge in [0.05, 0.1) is 0 Å². The standard InChI is InChI=1S/C9H8BrClN2O2S/c1-2-3-4-13-16(14,15)8-5-7(10)6-12-9(8)11/h1,5-6,13H,3-4H2. The van der Waals surface area contributed by atoms with Gasteiger partial charge < -0.3 is 0 Å². The van der Waals surface area contributed by atoms with Crippen molar-refractivity contribution in [2.75, 3.05) is 6.54 Å². The lowest BCUT2D eigenvalue weighted by atomic mass is 10.5. The number of terminal acetylenes is 1. The van der Waals surface area contributed by atoms with Crippen molar-refractivity contribution < 1.29 is 8.42 Å². The summed E-state index contributed by atoms with van der Waals surface area (Å²) in [5, 5.41) is -0.0728. The maximum Gasteiger partial charge on any atom is 0.243 e. The molecule has 4 nitrogen and oxygen atoms in total. The lowest BCUT2D eigenvalue weighted by Crippen LogP contribution is -2.25. The molecule has 0 saturated carbocycles. The van der Waals surface area contributed by atoms with Crippen molar-refractivity contribution in [3.63, 3.8) is 0 Å². The molecule has 0 aliphatic carbocycles. The Kier molecular flexibility index (Phi) is 4.74. The summed E-state index contributed by atoms with van der Waals surface area (Å²) in [4.78, 5) is 3.66. The monoisotopic (exact) mass is 322 g/mol. The molecule has 0 fully saturated rings. The van der Waals surface area contributed by atoms with Crippen LogP contribution >= 0.6 is 27.5 Å². The number of nitrogens with zero attached hydrogens (tertiary/aromatic N) is 1. The third-order valence-corrected chi connectivity index (χ3v) is 3.95. The van der Waals surface area contributed by atoms with Gasteiger partial charge in [0, 0.05) is 23.6 Å². The molecule has 0 unspecified atom stereocenters. The zero-order valence-electron chi connectivity index (χ0n) is 8.07. The van der Waals surface area contributed by atoms with Crippen LogP contribution in [-0.4, -0.2) is 19.9 Å². The Morgan fingerprint density at radius 2 is 2.31 bits per heavy atom. The highest BCUT2D eigenvalue weighted by atomic mass is 79.9. The minimum atomic E-state index is -3.66. The predicted octanol–water partition coefficient (Wildman–Crippen LogP) is 1.80.